The van der Waals surface area contributed by atoms with Gasteiger partial charge in [0, 0.05) is 0 Å². The van der Waals surface area contributed by atoms with Crippen LogP contribution in [0.3, 0.4) is 0 Å². The maximum absolute atomic E-state index is 3.38. The molecule has 1 heterocycles. The Balaban J connectivity index is 2.49. The lowest BCUT2D eigenvalue weighted by Gasteiger charge is -2.33. The fraction of sp³-hybridized carbons (Fsp3) is 1.00. The summed E-state index contributed by atoms with van der Waals surface area (Å²) in [5.74, 6) is 0.812. The highest BCUT2D eigenvalue weighted by Gasteiger charge is 2.31. The molecular formula is C6H11I2N. The average molecular weight is 351 g/mol. The molecule has 1 atom stereocenters. The monoisotopic (exact) mass is 351 g/mol. The Morgan fingerprint density at radius 1 is 1.56 bits per heavy atom. The predicted octanol–water partition coefficient (Wildman–Crippen LogP) is 2.18. The van der Waals surface area contributed by atoms with E-state index in [9.17, 15) is 0 Å². The van der Waals surface area contributed by atoms with E-state index in [0.29, 0.717) is 1.43 Å². The Labute approximate surface area is 83.6 Å². The van der Waals surface area contributed by atoms with Crippen LogP contribution in [-0.2, 0) is 0 Å². The van der Waals surface area contributed by atoms with Gasteiger partial charge in [-0.2, -0.15) is 0 Å². The smallest absolute Gasteiger partial charge is 0.0784 e. The SMILES string of the molecule is C[C@@H]1CNCCC1(I)I. The summed E-state index contributed by atoms with van der Waals surface area (Å²) < 4.78 is 0.515. The van der Waals surface area contributed by atoms with Crippen molar-refractivity contribution in [2.45, 2.75) is 14.8 Å². The van der Waals surface area contributed by atoms with Crippen LogP contribution in [0.4, 0.5) is 0 Å². The van der Waals surface area contributed by atoms with E-state index >= 15 is 0 Å². The Bertz CT molecular complexity index is 103. The number of hydrogen-bond donors (Lipinski definition) is 1. The second kappa shape index (κ2) is 3.21. The van der Waals surface area contributed by atoms with Crippen LogP contribution < -0.4 is 5.32 Å². The highest BCUT2D eigenvalue weighted by atomic mass is 127. The van der Waals surface area contributed by atoms with Crippen molar-refractivity contribution in [3.05, 3.63) is 0 Å². The molecule has 0 saturated carbocycles. The van der Waals surface area contributed by atoms with Crippen LogP contribution in [0.25, 0.3) is 0 Å². The van der Waals surface area contributed by atoms with Crippen molar-refractivity contribution in [1.82, 2.24) is 5.32 Å². The Hall–Kier alpha value is 1.42. The van der Waals surface area contributed by atoms with E-state index in [1.54, 1.807) is 0 Å². The molecule has 1 rings (SSSR count). The molecule has 1 nitrogen and oxygen atoms in total. The summed E-state index contributed by atoms with van der Waals surface area (Å²) in [6.07, 6.45) is 1.30. The number of rotatable bonds is 0. The molecule has 1 fully saturated rings. The van der Waals surface area contributed by atoms with E-state index in [1.807, 2.05) is 0 Å². The third-order valence-electron chi connectivity index (χ3n) is 1.81. The van der Waals surface area contributed by atoms with Gasteiger partial charge in [-0.3, -0.25) is 0 Å². The van der Waals surface area contributed by atoms with E-state index in [2.05, 4.69) is 57.4 Å². The lowest BCUT2D eigenvalue weighted by molar-refractivity contribution is 0.418. The summed E-state index contributed by atoms with van der Waals surface area (Å²) >= 11 is 5.13. The van der Waals surface area contributed by atoms with Gasteiger partial charge >= 0.3 is 0 Å². The Kier molecular flexibility index (Phi) is 3.04. The largest absolute Gasteiger partial charge is 0.316 e. The first-order chi connectivity index (χ1) is 4.13. The number of halogens is 2. The highest BCUT2D eigenvalue weighted by Crippen LogP contribution is 2.40. The normalized spacial score (nSPS) is 34.3. The van der Waals surface area contributed by atoms with E-state index < -0.39 is 0 Å². The minimum Gasteiger partial charge on any atom is -0.316 e. The number of alkyl halides is 2. The molecule has 0 aromatic heterocycles. The van der Waals surface area contributed by atoms with Crippen molar-refractivity contribution in [1.29, 1.82) is 0 Å². The molecule has 1 N–H and O–H groups in total. The van der Waals surface area contributed by atoms with E-state index in [0.717, 1.165) is 5.92 Å². The van der Waals surface area contributed by atoms with Gasteiger partial charge in [0.05, 0.1) is 1.43 Å². The lowest BCUT2D eigenvalue weighted by atomic mass is 10.0. The van der Waals surface area contributed by atoms with Gasteiger partial charge in [-0.05, 0) is 25.4 Å². The van der Waals surface area contributed by atoms with Crippen molar-refractivity contribution in [2.75, 3.05) is 13.1 Å². The Morgan fingerprint density at radius 3 is 2.56 bits per heavy atom. The lowest BCUT2D eigenvalue weighted by Crippen LogP contribution is -2.40. The topological polar surface area (TPSA) is 12.0 Å². The maximum atomic E-state index is 3.38. The van der Waals surface area contributed by atoms with Gasteiger partial charge in [0.15, 0.2) is 0 Å². The fourth-order valence-electron chi connectivity index (χ4n) is 0.969. The van der Waals surface area contributed by atoms with Gasteiger partial charge in [0.2, 0.25) is 0 Å². The third-order valence-corrected chi connectivity index (χ3v) is 5.01. The minimum absolute atomic E-state index is 0.515. The molecule has 1 aliphatic rings. The van der Waals surface area contributed by atoms with Crippen LogP contribution in [0.5, 0.6) is 0 Å². The maximum Gasteiger partial charge on any atom is 0.0784 e. The van der Waals surface area contributed by atoms with E-state index in [1.165, 1.54) is 19.5 Å². The molecule has 0 aliphatic carbocycles. The quantitative estimate of drug-likeness (QED) is 0.521. The molecule has 0 aromatic carbocycles. The van der Waals surface area contributed by atoms with Crippen molar-refractivity contribution < 1.29 is 0 Å². The molecule has 9 heavy (non-hydrogen) atoms. The zero-order valence-corrected chi connectivity index (χ0v) is 9.77. The van der Waals surface area contributed by atoms with Gasteiger partial charge in [-0.15, -0.1) is 0 Å². The molecule has 1 aliphatic heterocycles. The first kappa shape index (κ1) is 8.52. The molecule has 0 unspecified atom stereocenters. The number of piperidine rings is 1. The summed E-state index contributed by atoms with van der Waals surface area (Å²) in [5.41, 5.74) is 0. The van der Waals surface area contributed by atoms with Crippen LogP contribution in [-0.4, -0.2) is 14.5 Å². The van der Waals surface area contributed by atoms with Gasteiger partial charge < -0.3 is 5.32 Å². The van der Waals surface area contributed by atoms with Gasteiger partial charge in [0.25, 0.3) is 0 Å². The van der Waals surface area contributed by atoms with E-state index in [-0.39, 0.29) is 0 Å². The van der Waals surface area contributed by atoms with Gasteiger partial charge in [0.1, 0.15) is 0 Å². The molecule has 0 bridgehead atoms. The Morgan fingerprint density at radius 2 is 2.22 bits per heavy atom. The zero-order valence-electron chi connectivity index (χ0n) is 5.45. The number of hydrogen-bond acceptors (Lipinski definition) is 1. The molecule has 0 aromatic rings. The molecule has 0 radical (unpaired) electrons. The van der Waals surface area contributed by atoms with Gasteiger partial charge in [-0.1, -0.05) is 52.1 Å². The molecule has 0 amide bonds. The van der Waals surface area contributed by atoms with Crippen molar-refractivity contribution in [2.24, 2.45) is 5.92 Å². The third kappa shape index (κ3) is 2.18. The van der Waals surface area contributed by atoms with Crippen molar-refractivity contribution >= 4 is 45.2 Å². The van der Waals surface area contributed by atoms with Crippen molar-refractivity contribution in [3.8, 4) is 0 Å². The van der Waals surface area contributed by atoms with Crippen LogP contribution in [0.2, 0.25) is 0 Å². The fourth-order valence-corrected chi connectivity index (χ4v) is 1.95. The van der Waals surface area contributed by atoms with Gasteiger partial charge in [-0.25, -0.2) is 0 Å². The molecule has 0 spiro atoms. The summed E-state index contributed by atoms with van der Waals surface area (Å²) in [5, 5.41) is 3.38. The van der Waals surface area contributed by atoms with Crippen molar-refractivity contribution in [3.63, 3.8) is 0 Å². The first-order valence-electron chi connectivity index (χ1n) is 3.21. The summed E-state index contributed by atoms with van der Waals surface area (Å²) in [6, 6.07) is 0. The molecular weight excluding hydrogens is 340 g/mol. The molecule has 3 heteroatoms. The summed E-state index contributed by atoms with van der Waals surface area (Å²) in [4.78, 5) is 0. The molecule has 54 valence electrons. The number of nitrogens with one attached hydrogen (secondary N) is 1. The zero-order chi connectivity index (χ0) is 6.91. The average Bonchev–Trinajstić information content (AvgIpc) is 1.77. The second-order valence-corrected chi connectivity index (χ2v) is 8.53. The standard InChI is InChI=1S/C6H11I2N/c1-5-4-9-3-2-6(5,7)8/h5,9H,2-4H2,1H3/t5-/m1/s1. The second-order valence-electron chi connectivity index (χ2n) is 2.62. The predicted molar refractivity (Wildman–Crippen MR) is 57.4 cm³/mol. The van der Waals surface area contributed by atoms with Crippen LogP contribution >= 0.6 is 45.2 Å². The first-order valence-corrected chi connectivity index (χ1v) is 5.37. The summed E-state index contributed by atoms with van der Waals surface area (Å²) in [7, 11) is 0. The van der Waals surface area contributed by atoms with Crippen LogP contribution in [0.1, 0.15) is 13.3 Å². The minimum atomic E-state index is 0.515. The van der Waals surface area contributed by atoms with Crippen LogP contribution in [0, 0.1) is 5.92 Å². The summed E-state index contributed by atoms with van der Waals surface area (Å²) in [6.45, 7) is 4.69. The highest BCUT2D eigenvalue weighted by molar-refractivity contribution is 14.2. The molecule has 1 saturated heterocycles. The van der Waals surface area contributed by atoms with Crippen LogP contribution in [0.15, 0.2) is 0 Å². The van der Waals surface area contributed by atoms with E-state index in [4.69, 9.17) is 0 Å².